The molecule has 0 atom stereocenters. The van der Waals surface area contributed by atoms with Gasteiger partial charge >= 0.3 is 0 Å². The maximum absolute atomic E-state index is 13.1. The molecule has 0 aliphatic rings. The number of aromatic nitrogens is 4. The van der Waals surface area contributed by atoms with E-state index in [0.29, 0.717) is 6.54 Å². The van der Waals surface area contributed by atoms with Crippen LogP contribution in [-0.2, 0) is 6.54 Å². The lowest BCUT2D eigenvalue weighted by Crippen LogP contribution is -2.01. The van der Waals surface area contributed by atoms with E-state index in [-0.39, 0.29) is 5.82 Å². The number of para-hydroxylation sites is 1. The smallest absolute Gasteiger partial charge is 0.214 e. The van der Waals surface area contributed by atoms with Gasteiger partial charge in [0.1, 0.15) is 5.82 Å². The lowest BCUT2D eigenvalue weighted by molar-refractivity contribution is 0.628. The summed E-state index contributed by atoms with van der Waals surface area (Å²) in [5.74, 6) is -0.257. The van der Waals surface area contributed by atoms with E-state index >= 15 is 0 Å². The van der Waals surface area contributed by atoms with Gasteiger partial charge in [0.15, 0.2) is 0 Å². The zero-order valence-corrected chi connectivity index (χ0v) is 14.9. The second kappa shape index (κ2) is 6.44. The van der Waals surface area contributed by atoms with Gasteiger partial charge in [-0.05, 0) is 35.9 Å². The maximum Gasteiger partial charge on any atom is 0.214 e. The third kappa shape index (κ3) is 3.02. The minimum atomic E-state index is -0.257. The number of anilines is 1. The first kappa shape index (κ1) is 15.9. The van der Waals surface area contributed by atoms with Crippen LogP contribution in [0.3, 0.4) is 0 Å². The van der Waals surface area contributed by atoms with Gasteiger partial charge in [0.2, 0.25) is 10.1 Å². The highest BCUT2D eigenvalue weighted by atomic mass is 32.1. The maximum atomic E-state index is 13.1. The van der Waals surface area contributed by atoms with Crippen molar-refractivity contribution in [3.8, 4) is 11.3 Å². The van der Waals surface area contributed by atoms with Crippen molar-refractivity contribution in [1.29, 1.82) is 0 Å². The Bertz CT molecular complexity index is 1210. The number of nitrogens with zero attached hydrogens (tertiary/aromatic N) is 4. The predicted octanol–water partition coefficient (Wildman–Crippen LogP) is 4.76. The molecule has 1 N–H and O–H groups in total. The molecule has 0 radical (unpaired) electrons. The van der Waals surface area contributed by atoms with Crippen LogP contribution in [0.1, 0.15) is 5.56 Å². The number of pyridine rings is 1. The molecule has 3 aromatic heterocycles. The van der Waals surface area contributed by atoms with E-state index in [4.69, 9.17) is 0 Å². The SMILES string of the molecule is Fc1ccc(-c2cn3nc(NCc4cccc5cccnc45)sc3n2)cc1. The van der Waals surface area contributed by atoms with Gasteiger partial charge in [-0.2, -0.15) is 0 Å². The molecule has 3 heterocycles. The van der Waals surface area contributed by atoms with E-state index in [2.05, 4.69) is 38.6 Å². The molecule has 0 saturated carbocycles. The summed E-state index contributed by atoms with van der Waals surface area (Å²) in [6.07, 6.45) is 3.66. The van der Waals surface area contributed by atoms with Crippen molar-refractivity contribution in [1.82, 2.24) is 19.6 Å². The lowest BCUT2D eigenvalue weighted by atomic mass is 10.1. The van der Waals surface area contributed by atoms with Crippen LogP contribution in [0.15, 0.2) is 67.0 Å². The van der Waals surface area contributed by atoms with Gasteiger partial charge in [-0.15, -0.1) is 5.10 Å². The van der Waals surface area contributed by atoms with Gasteiger partial charge in [0.25, 0.3) is 0 Å². The van der Waals surface area contributed by atoms with E-state index in [0.717, 1.165) is 37.8 Å². The molecule has 0 unspecified atom stereocenters. The Labute approximate surface area is 158 Å². The van der Waals surface area contributed by atoms with Crippen LogP contribution < -0.4 is 5.32 Å². The summed E-state index contributed by atoms with van der Waals surface area (Å²) in [5.41, 5.74) is 3.75. The number of benzene rings is 2. The fourth-order valence-corrected chi connectivity index (χ4v) is 3.79. The predicted molar refractivity (Wildman–Crippen MR) is 105 cm³/mol. The molecule has 0 aliphatic carbocycles. The zero-order chi connectivity index (χ0) is 18.2. The zero-order valence-electron chi connectivity index (χ0n) is 14.1. The van der Waals surface area contributed by atoms with Crippen molar-refractivity contribution in [2.24, 2.45) is 0 Å². The highest BCUT2D eigenvalue weighted by Gasteiger charge is 2.10. The number of halogens is 1. The first-order valence-electron chi connectivity index (χ1n) is 8.45. The Morgan fingerprint density at radius 1 is 1.04 bits per heavy atom. The Kier molecular flexibility index (Phi) is 3.79. The fourth-order valence-electron chi connectivity index (χ4n) is 3.01. The summed E-state index contributed by atoms with van der Waals surface area (Å²) in [6, 6.07) is 16.4. The van der Waals surface area contributed by atoms with Gasteiger partial charge < -0.3 is 5.32 Å². The molecule has 2 aromatic carbocycles. The number of rotatable bonds is 4. The van der Waals surface area contributed by atoms with E-state index in [1.54, 1.807) is 22.8 Å². The highest BCUT2D eigenvalue weighted by Crippen LogP contribution is 2.25. The second-order valence-corrected chi connectivity index (χ2v) is 7.07. The van der Waals surface area contributed by atoms with E-state index in [1.165, 1.54) is 23.5 Å². The number of fused-ring (bicyclic) bond motifs is 2. The van der Waals surface area contributed by atoms with Crippen molar-refractivity contribution < 1.29 is 4.39 Å². The van der Waals surface area contributed by atoms with Gasteiger partial charge in [0, 0.05) is 23.7 Å². The molecule has 5 nitrogen and oxygen atoms in total. The normalized spacial score (nSPS) is 11.3. The molecule has 5 rings (SSSR count). The molecular weight excluding hydrogens is 361 g/mol. The van der Waals surface area contributed by atoms with Crippen LogP contribution in [0, 0.1) is 5.82 Å². The molecule has 0 bridgehead atoms. The molecule has 0 fully saturated rings. The molecule has 0 aliphatic heterocycles. The second-order valence-electron chi connectivity index (χ2n) is 6.11. The van der Waals surface area contributed by atoms with E-state index in [1.807, 2.05) is 18.3 Å². The van der Waals surface area contributed by atoms with Gasteiger partial charge in [-0.1, -0.05) is 35.6 Å². The van der Waals surface area contributed by atoms with Crippen molar-refractivity contribution >= 4 is 32.3 Å². The Morgan fingerprint density at radius 3 is 2.74 bits per heavy atom. The number of nitrogens with one attached hydrogen (secondary N) is 1. The number of hydrogen-bond acceptors (Lipinski definition) is 5. The van der Waals surface area contributed by atoms with Gasteiger partial charge in [-0.25, -0.2) is 13.9 Å². The minimum Gasteiger partial charge on any atom is -0.356 e. The van der Waals surface area contributed by atoms with E-state index < -0.39 is 0 Å². The molecule has 27 heavy (non-hydrogen) atoms. The van der Waals surface area contributed by atoms with Crippen LogP contribution in [0.2, 0.25) is 0 Å². The number of hydrogen-bond donors (Lipinski definition) is 1. The van der Waals surface area contributed by atoms with Crippen LogP contribution >= 0.6 is 11.3 Å². The third-order valence-corrected chi connectivity index (χ3v) is 5.21. The standard InChI is InChI=1S/C20H14FN5S/c21-16-8-6-13(7-9-16)17-12-26-20(24-17)27-19(25-26)23-11-15-4-1-3-14-5-2-10-22-18(14)15/h1-10,12H,11H2,(H,23,25). The minimum absolute atomic E-state index is 0.257. The molecule has 7 heteroatoms. The molecule has 5 aromatic rings. The molecule has 132 valence electrons. The molecule has 0 amide bonds. The first-order valence-corrected chi connectivity index (χ1v) is 9.26. The highest BCUT2D eigenvalue weighted by molar-refractivity contribution is 7.20. The third-order valence-electron chi connectivity index (χ3n) is 4.33. The Morgan fingerprint density at radius 2 is 1.89 bits per heavy atom. The van der Waals surface area contributed by atoms with Crippen molar-refractivity contribution in [2.45, 2.75) is 6.54 Å². The van der Waals surface area contributed by atoms with Gasteiger partial charge in [0.05, 0.1) is 17.4 Å². The van der Waals surface area contributed by atoms with Crippen LogP contribution in [0.5, 0.6) is 0 Å². The summed E-state index contributed by atoms with van der Waals surface area (Å²) in [4.78, 5) is 9.84. The summed E-state index contributed by atoms with van der Waals surface area (Å²) < 4.78 is 14.8. The summed E-state index contributed by atoms with van der Waals surface area (Å²) in [6.45, 7) is 0.635. The van der Waals surface area contributed by atoms with E-state index in [9.17, 15) is 4.39 Å². The van der Waals surface area contributed by atoms with Crippen LogP contribution in [0.4, 0.5) is 9.52 Å². The topological polar surface area (TPSA) is 55.1 Å². The summed E-state index contributed by atoms with van der Waals surface area (Å²) in [7, 11) is 0. The largest absolute Gasteiger partial charge is 0.356 e. The lowest BCUT2D eigenvalue weighted by Gasteiger charge is -2.05. The Hall–Kier alpha value is -3.32. The van der Waals surface area contributed by atoms with Crippen LogP contribution in [-0.4, -0.2) is 19.6 Å². The number of imidazole rings is 1. The van der Waals surface area contributed by atoms with Gasteiger partial charge in [-0.3, -0.25) is 4.98 Å². The summed E-state index contributed by atoms with van der Waals surface area (Å²) in [5, 5.41) is 9.80. The van der Waals surface area contributed by atoms with Crippen molar-refractivity contribution in [3.63, 3.8) is 0 Å². The van der Waals surface area contributed by atoms with Crippen LogP contribution in [0.25, 0.3) is 27.1 Å². The Balaban J connectivity index is 1.38. The molecule has 0 spiro atoms. The average molecular weight is 375 g/mol. The van der Waals surface area contributed by atoms with Crippen molar-refractivity contribution in [3.05, 3.63) is 78.4 Å². The summed E-state index contributed by atoms with van der Waals surface area (Å²) >= 11 is 1.48. The fraction of sp³-hybridized carbons (Fsp3) is 0.0500. The quantitative estimate of drug-likeness (QED) is 0.492. The average Bonchev–Trinajstić information content (AvgIpc) is 3.26. The molecule has 0 saturated heterocycles. The van der Waals surface area contributed by atoms with Crippen molar-refractivity contribution in [2.75, 3.05) is 5.32 Å². The molecular formula is C20H14FN5S. The monoisotopic (exact) mass is 375 g/mol. The first-order chi connectivity index (χ1) is 13.3.